The second kappa shape index (κ2) is 9.04. The number of nitrogens with zero attached hydrogens (tertiary/aromatic N) is 2. The highest BCUT2D eigenvalue weighted by Crippen LogP contribution is 2.41. The number of fused-ring (bicyclic) bond motifs is 3. The van der Waals surface area contributed by atoms with Gasteiger partial charge in [-0.25, -0.2) is 4.99 Å². The zero-order chi connectivity index (χ0) is 24.1. The number of hydrogen-bond acceptors (Lipinski definition) is 4. The summed E-state index contributed by atoms with van der Waals surface area (Å²) >= 11 is 8.54. The van der Waals surface area contributed by atoms with Gasteiger partial charge in [-0.3, -0.25) is 9.36 Å². The monoisotopic (exact) mass is 606 g/mol. The minimum Gasteiger partial charge on any atom is -0.495 e. The second-order valence-corrected chi connectivity index (χ2v) is 11.3. The van der Waals surface area contributed by atoms with Gasteiger partial charge >= 0.3 is 0 Å². The van der Waals surface area contributed by atoms with Gasteiger partial charge in [-0.05, 0) is 63.7 Å². The van der Waals surface area contributed by atoms with E-state index in [-0.39, 0.29) is 11.6 Å². The van der Waals surface area contributed by atoms with Crippen LogP contribution in [0.5, 0.6) is 5.75 Å². The molecule has 1 atom stereocenters. The maximum absolute atomic E-state index is 13.9. The molecule has 0 saturated heterocycles. The fourth-order valence-electron chi connectivity index (χ4n) is 5.00. The van der Waals surface area contributed by atoms with Crippen molar-refractivity contribution in [3.63, 3.8) is 0 Å². The van der Waals surface area contributed by atoms with Crippen molar-refractivity contribution >= 4 is 55.0 Å². The van der Waals surface area contributed by atoms with Crippen molar-refractivity contribution in [2.24, 2.45) is 4.99 Å². The molecule has 0 spiro atoms. The zero-order valence-electron chi connectivity index (χ0n) is 18.8. The Kier molecular flexibility index (Phi) is 5.87. The molecule has 7 heteroatoms. The molecule has 0 amide bonds. The van der Waals surface area contributed by atoms with Gasteiger partial charge < -0.3 is 4.74 Å². The lowest BCUT2D eigenvalue weighted by atomic mass is 9.83. The molecule has 2 heterocycles. The number of thiazole rings is 1. The van der Waals surface area contributed by atoms with E-state index < -0.39 is 0 Å². The average molecular weight is 608 g/mol. The summed E-state index contributed by atoms with van der Waals surface area (Å²) < 4.78 is 9.84. The SMILES string of the molecule is COc1c(Br)cc(Br)cc1/C=c1\sc2n(c1=O)[C@H](c1ccccc1)C1=C(N=2)c2ccccc2CC1. The molecule has 2 aliphatic rings. The fourth-order valence-corrected chi connectivity index (χ4v) is 7.41. The molecule has 0 bridgehead atoms. The number of rotatable bonds is 3. The zero-order valence-corrected chi connectivity index (χ0v) is 22.8. The number of allylic oxidation sites excluding steroid dienone is 1. The highest BCUT2D eigenvalue weighted by Gasteiger charge is 2.32. The summed E-state index contributed by atoms with van der Waals surface area (Å²) in [5.74, 6) is 0.687. The van der Waals surface area contributed by atoms with E-state index >= 15 is 0 Å². The van der Waals surface area contributed by atoms with Gasteiger partial charge in [0.15, 0.2) is 4.80 Å². The van der Waals surface area contributed by atoms with Crippen LogP contribution in [-0.4, -0.2) is 11.7 Å². The van der Waals surface area contributed by atoms with Crippen molar-refractivity contribution in [1.82, 2.24) is 4.57 Å². The third-order valence-electron chi connectivity index (χ3n) is 6.52. The van der Waals surface area contributed by atoms with Crippen molar-refractivity contribution in [2.45, 2.75) is 18.9 Å². The molecule has 4 aromatic rings. The number of methoxy groups -OCH3 is 1. The van der Waals surface area contributed by atoms with Crippen molar-refractivity contribution in [1.29, 1.82) is 0 Å². The fraction of sp³-hybridized carbons (Fsp3) is 0.143. The molecular formula is C28H20Br2N2O2S. The summed E-state index contributed by atoms with van der Waals surface area (Å²) in [6.07, 6.45) is 3.73. The third-order valence-corrected chi connectivity index (χ3v) is 8.55. The van der Waals surface area contributed by atoms with Gasteiger partial charge in [-0.15, -0.1) is 0 Å². The molecule has 35 heavy (non-hydrogen) atoms. The van der Waals surface area contributed by atoms with Crippen LogP contribution in [-0.2, 0) is 6.42 Å². The summed E-state index contributed by atoms with van der Waals surface area (Å²) in [6, 6.07) is 22.5. The first kappa shape index (κ1) is 22.7. The number of hydrogen-bond donors (Lipinski definition) is 0. The minimum absolute atomic E-state index is 0.0360. The Balaban J connectivity index is 1.63. The van der Waals surface area contributed by atoms with Crippen LogP contribution in [0.4, 0.5) is 0 Å². The topological polar surface area (TPSA) is 43.6 Å². The number of benzene rings is 3. The Bertz CT molecular complexity index is 1690. The van der Waals surface area contributed by atoms with Gasteiger partial charge in [0.1, 0.15) is 5.75 Å². The van der Waals surface area contributed by atoms with Crippen LogP contribution in [0.25, 0.3) is 11.8 Å². The molecule has 0 saturated carbocycles. The van der Waals surface area contributed by atoms with Crippen LogP contribution in [0, 0.1) is 0 Å². The van der Waals surface area contributed by atoms with E-state index in [0.717, 1.165) is 43.4 Å². The maximum Gasteiger partial charge on any atom is 0.271 e. The molecule has 1 aliphatic heterocycles. The van der Waals surface area contributed by atoms with Gasteiger partial charge in [-0.2, -0.15) is 0 Å². The summed E-state index contributed by atoms with van der Waals surface area (Å²) in [4.78, 5) is 19.7. The van der Waals surface area contributed by atoms with Crippen molar-refractivity contribution < 1.29 is 4.74 Å². The van der Waals surface area contributed by atoms with Crippen LogP contribution in [0.2, 0.25) is 0 Å². The summed E-state index contributed by atoms with van der Waals surface area (Å²) in [7, 11) is 1.63. The summed E-state index contributed by atoms with van der Waals surface area (Å²) in [5.41, 5.74) is 6.59. The second-order valence-electron chi connectivity index (χ2n) is 8.53. The van der Waals surface area contributed by atoms with E-state index in [0.29, 0.717) is 10.3 Å². The molecule has 1 aliphatic carbocycles. The first-order chi connectivity index (χ1) is 17.0. The Hall–Kier alpha value is -2.74. The predicted octanol–water partition coefficient (Wildman–Crippen LogP) is 5.85. The normalized spacial score (nSPS) is 16.9. The Labute approximate surface area is 223 Å². The van der Waals surface area contributed by atoms with E-state index in [1.54, 1.807) is 7.11 Å². The molecule has 6 rings (SSSR count). The number of halogens is 2. The number of aryl methyl sites for hydroxylation is 1. The highest BCUT2D eigenvalue weighted by molar-refractivity contribution is 9.11. The average Bonchev–Trinajstić information content (AvgIpc) is 3.17. The molecular weight excluding hydrogens is 588 g/mol. The number of ether oxygens (including phenoxy) is 1. The lowest BCUT2D eigenvalue weighted by Gasteiger charge is -2.30. The molecule has 4 nitrogen and oxygen atoms in total. The Morgan fingerprint density at radius 2 is 1.83 bits per heavy atom. The van der Waals surface area contributed by atoms with Crippen molar-refractivity contribution in [2.75, 3.05) is 7.11 Å². The molecule has 0 fully saturated rings. The standard InChI is InChI=1S/C28H20Br2N2O2S/c1-34-26-18(13-19(29)15-22(26)30)14-23-27(33)32-25(17-8-3-2-4-9-17)21-12-11-16-7-5-6-10-20(16)24(21)31-28(32)35-23/h2-10,13-15,25H,11-12H2,1H3/b23-14-/t25-/m1/s1. The van der Waals surface area contributed by atoms with Crippen LogP contribution in [0.15, 0.2) is 91.0 Å². The molecule has 3 aromatic carbocycles. The molecule has 0 unspecified atom stereocenters. The Morgan fingerprint density at radius 1 is 1.06 bits per heavy atom. The first-order valence-electron chi connectivity index (χ1n) is 11.3. The van der Waals surface area contributed by atoms with Crippen LogP contribution < -0.4 is 19.6 Å². The quantitative estimate of drug-likeness (QED) is 0.293. The Morgan fingerprint density at radius 3 is 2.63 bits per heavy atom. The summed E-state index contributed by atoms with van der Waals surface area (Å²) in [5, 5.41) is 0. The van der Waals surface area contributed by atoms with E-state index in [4.69, 9.17) is 9.73 Å². The van der Waals surface area contributed by atoms with Crippen molar-refractivity contribution in [3.05, 3.63) is 123 Å². The molecule has 174 valence electrons. The highest BCUT2D eigenvalue weighted by atomic mass is 79.9. The lowest BCUT2D eigenvalue weighted by molar-refractivity contribution is 0.411. The van der Waals surface area contributed by atoms with Gasteiger partial charge in [-0.1, -0.05) is 81.9 Å². The van der Waals surface area contributed by atoms with Crippen LogP contribution in [0.1, 0.15) is 34.7 Å². The van der Waals surface area contributed by atoms with E-state index in [1.807, 2.05) is 41.0 Å². The van der Waals surface area contributed by atoms with Gasteiger partial charge in [0.05, 0.1) is 27.9 Å². The van der Waals surface area contributed by atoms with Crippen LogP contribution >= 0.6 is 43.2 Å². The third kappa shape index (κ3) is 3.86. The van der Waals surface area contributed by atoms with Gasteiger partial charge in [0, 0.05) is 15.6 Å². The first-order valence-corrected chi connectivity index (χ1v) is 13.7. The van der Waals surface area contributed by atoms with Gasteiger partial charge in [0.2, 0.25) is 0 Å². The molecule has 0 N–H and O–H groups in total. The van der Waals surface area contributed by atoms with E-state index in [9.17, 15) is 4.79 Å². The number of aromatic nitrogens is 1. The molecule has 0 radical (unpaired) electrons. The van der Waals surface area contributed by atoms with E-state index in [1.165, 1.54) is 28.0 Å². The smallest absolute Gasteiger partial charge is 0.271 e. The largest absolute Gasteiger partial charge is 0.495 e. The predicted molar refractivity (Wildman–Crippen MR) is 148 cm³/mol. The lowest BCUT2D eigenvalue weighted by Crippen LogP contribution is -2.38. The summed E-state index contributed by atoms with van der Waals surface area (Å²) in [6.45, 7) is 0. The minimum atomic E-state index is -0.172. The van der Waals surface area contributed by atoms with Crippen LogP contribution in [0.3, 0.4) is 0 Å². The van der Waals surface area contributed by atoms with Gasteiger partial charge in [0.25, 0.3) is 5.56 Å². The maximum atomic E-state index is 13.9. The van der Waals surface area contributed by atoms with E-state index in [2.05, 4.69) is 68.3 Å². The molecule has 1 aromatic heterocycles. The van der Waals surface area contributed by atoms with Crippen molar-refractivity contribution in [3.8, 4) is 5.75 Å².